The van der Waals surface area contributed by atoms with E-state index in [1.807, 2.05) is 0 Å². The first kappa shape index (κ1) is 10.7. The highest BCUT2D eigenvalue weighted by Crippen LogP contribution is 2.24. The highest BCUT2D eigenvalue weighted by Gasteiger charge is 2.03. The molecule has 1 aromatic carbocycles. The molecule has 2 aromatic rings. The molecule has 0 aliphatic heterocycles. The topological polar surface area (TPSA) is 19.0 Å². The van der Waals surface area contributed by atoms with Gasteiger partial charge in [-0.05, 0) is 32.3 Å². The van der Waals surface area contributed by atoms with Gasteiger partial charge in [-0.2, -0.15) is 0 Å². The van der Waals surface area contributed by atoms with E-state index in [0.29, 0.717) is 0 Å². The van der Waals surface area contributed by atoms with Crippen LogP contribution in [-0.4, -0.2) is 30.5 Å². The Hall–Kier alpha value is -0.800. The zero-order valence-corrected chi connectivity index (χ0v) is 10.6. The third-order valence-corrected chi connectivity index (χ3v) is 3.19. The fourth-order valence-electron chi connectivity index (χ4n) is 1.65. The summed E-state index contributed by atoms with van der Waals surface area (Å²) in [6.45, 7) is 1.07. The fourth-order valence-corrected chi connectivity index (χ4v) is 2.14. The number of hydrogen-bond donors (Lipinski definition) is 1. The van der Waals surface area contributed by atoms with Gasteiger partial charge in [0.25, 0.3) is 0 Å². The number of aromatic nitrogens is 1. The smallest absolute Gasteiger partial charge is 0.0467 e. The number of benzene rings is 1. The van der Waals surface area contributed by atoms with Crippen LogP contribution in [0.2, 0.25) is 0 Å². The molecule has 2 rings (SSSR count). The molecule has 0 unspecified atom stereocenters. The molecule has 80 valence electrons. The minimum atomic E-state index is 1.06. The minimum absolute atomic E-state index is 1.06. The molecule has 1 aromatic heterocycles. The maximum absolute atomic E-state index is 3.56. The van der Waals surface area contributed by atoms with Gasteiger partial charge in [0.1, 0.15) is 0 Å². The van der Waals surface area contributed by atoms with Crippen molar-refractivity contribution in [1.82, 2.24) is 9.88 Å². The summed E-state index contributed by atoms with van der Waals surface area (Å²) in [6, 6.07) is 8.46. The van der Waals surface area contributed by atoms with Crippen LogP contribution in [0, 0.1) is 0 Å². The molecule has 0 radical (unpaired) electrons. The number of fused-ring (bicyclic) bond motifs is 1. The molecule has 2 nitrogen and oxygen atoms in total. The van der Waals surface area contributed by atoms with E-state index in [-0.39, 0.29) is 0 Å². The van der Waals surface area contributed by atoms with Crippen molar-refractivity contribution < 1.29 is 0 Å². The van der Waals surface area contributed by atoms with Gasteiger partial charge in [0.2, 0.25) is 0 Å². The number of hydrogen-bond acceptors (Lipinski definition) is 1. The van der Waals surface area contributed by atoms with E-state index < -0.39 is 0 Å². The standard InChI is InChI=1S/C12H15BrN2/c1-15(2)7-6-9-8-10-11(13)4-3-5-12(10)14-9/h3-5,8,14H,6-7H2,1-2H3. The Balaban J connectivity index is 2.27. The lowest BCUT2D eigenvalue weighted by molar-refractivity contribution is 0.412. The molecule has 0 fully saturated rings. The van der Waals surface area contributed by atoms with Crippen LogP contribution in [0.5, 0.6) is 0 Å². The van der Waals surface area contributed by atoms with Crippen molar-refractivity contribution in [2.45, 2.75) is 6.42 Å². The van der Waals surface area contributed by atoms with E-state index >= 15 is 0 Å². The van der Waals surface area contributed by atoms with E-state index in [1.165, 1.54) is 16.6 Å². The lowest BCUT2D eigenvalue weighted by Gasteiger charge is -2.07. The van der Waals surface area contributed by atoms with Crippen molar-refractivity contribution in [3.05, 3.63) is 34.4 Å². The molecular weight excluding hydrogens is 252 g/mol. The molecule has 0 aliphatic rings. The van der Waals surface area contributed by atoms with Crippen LogP contribution >= 0.6 is 15.9 Å². The first-order chi connectivity index (χ1) is 7.16. The maximum atomic E-state index is 3.56. The van der Waals surface area contributed by atoms with E-state index in [0.717, 1.165) is 17.4 Å². The van der Waals surface area contributed by atoms with E-state index in [9.17, 15) is 0 Å². The molecule has 3 heteroatoms. The normalized spacial score (nSPS) is 11.5. The lowest BCUT2D eigenvalue weighted by Crippen LogP contribution is -2.15. The summed E-state index contributed by atoms with van der Waals surface area (Å²) < 4.78 is 1.16. The molecule has 0 atom stereocenters. The number of H-pyrrole nitrogens is 1. The Morgan fingerprint density at radius 3 is 2.80 bits per heavy atom. The molecule has 0 aliphatic carbocycles. The van der Waals surface area contributed by atoms with E-state index in [4.69, 9.17) is 0 Å². The van der Waals surface area contributed by atoms with Crippen LogP contribution in [0.15, 0.2) is 28.7 Å². The fraction of sp³-hybridized carbons (Fsp3) is 0.333. The average Bonchev–Trinajstić information content (AvgIpc) is 2.59. The van der Waals surface area contributed by atoms with Gasteiger partial charge in [-0.15, -0.1) is 0 Å². The van der Waals surface area contributed by atoms with Crippen molar-refractivity contribution in [3.63, 3.8) is 0 Å². The van der Waals surface area contributed by atoms with Gasteiger partial charge in [0.05, 0.1) is 0 Å². The number of nitrogens with zero attached hydrogens (tertiary/aromatic N) is 1. The molecule has 0 amide bonds. The van der Waals surface area contributed by atoms with Gasteiger partial charge in [-0.25, -0.2) is 0 Å². The van der Waals surface area contributed by atoms with Crippen molar-refractivity contribution in [2.24, 2.45) is 0 Å². The van der Waals surface area contributed by atoms with Gasteiger partial charge in [0.15, 0.2) is 0 Å². The second-order valence-electron chi connectivity index (χ2n) is 4.05. The van der Waals surface area contributed by atoms with Crippen LogP contribution in [0.3, 0.4) is 0 Å². The zero-order chi connectivity index (χ0) is 10.8. The monoisotopic (exact) mass is 266 g/mol. The minimum Gasteiger partial charge on any atom is -0.358 e. The van der Waals surface area contributed by atoms with Crippen molar-refractivity contribution >= 4 is 26.8 Å². The molecule has 0 spiro atoms. The summed E-state index contributed by atoms with van der Waals surface area (Å²) >= 11 is 3.56. The van der Waals surface area contributed by atoms with Crippen molar-refractivity contribution in [1.29, 1.82) is 0 Å². The summed E-state index contributed by atoms with van der Waals surface area (Å²) in [5, 5.41) is 1.27. The van der Waals surface area contributed by atoms with Gasteiger partial charge >= 0.3 is 0 Å². The zero-order valence-electron chi connectivity index (χ0n) is 9.05. The third-order valence-electron chi connectivity index (χ3n) is 2.50. The predicted molar refractivity (Wildman–Crippen MR) is 68.3 cm³/mol. The molecular formula is C12H15BrN2. The molecule has 0 bridgehead atoms. The summed E-state index contributed by atoms with van der Waals surface area (Å²) in [6.07, 6.45) is 1.06. The highest BCUT2D eigenvalue weighted by molar-refractivity contribution is 9.10. The number of aromatic amines is 1. The molecule has 1 N–H and O–H groups in total. The van der Waals surface area contributed by atoms with E-state index in [2.05, 4.69) is 64.2 Å². The van der Waals surface area contributed by atoms with Crippen LogP contribution in [0.25, 0.3) is 10.9 Å². The molecule has 0 saturated carbocycles. The van der Waals surface area contributed by atoms with E-state index in [1.54, 1.807) is 0 Å². The first-order valence-electron chi connectivity index (χ1n) is 5.07. The Kier molecular flexibility index (Phi) is 3.12. The second-order valence-corrected chi connectivity index (χ2v) is 4.90. The number of likely N-dealkylation sites (N-methyl/N-ethyl adjacent to an activating group) is 1. The molecule has 0 saturated heterocycles. The van der Waals surface area contributed by atoms with Crippen LogP contribution in [-0.2, 0) is 6.42 Å². The van der Waals surface area contributed by atoms with Crippen molar-refractivity contribution in [3.8, 4) is 0 Å². The Morgan fingerprint density at radius 1 is 1.33 bits per heavy atom. The van der Waals surface area contributed by atoms with Gasteiger partial charge in [-0.1, -0.05) is 22.0 Å². The number of nitrogens with one attached hydrogen (secondary N) is 1. The average molecular weight is 267 g/mol. The molecule has 15 heavy (non-hydrogen) atoms. The predicted octanol–water partition coefficient (Wildman–Crippen LogP) is 3.03. The Labute approximate surface area is 98.4 Å². The quantitative estimate of drug-likeness (QED) is 0.905. The first-order valence-corrected chi connectivity index (χ1v) is 5.87. The second kappa shape index (κ2) is 4.37. The van der Waals surface area contributed by atoms with Gasteiger partial charge < -0.3 is 9.88 Å². The van der Waals surface area contributed by atoms with Crippen LogP contribution in [0.4, 0.5) is 0 Å². The van der Waals surface area contributed by atoms with Crippen molar-refractivity contribution in [2.75, 3.05) is 20.6 Å². The number of rotatable bonds is 3. The van der Waals surface area contributed by atoms with Gasteiger partial charge in [-0.3, -0.25) is 0 Å². The third kappa shape index (κ3) is 2.41. The van der Waals surface area contributed by atoms with Crippen LogP contribution in [0.1, 0.15) is 5.69 Å². The van der Waals surface area contributed by atoms with Crippen LogP contribution < -0.4 is 0 Å². The summed E-state index contributed by atoms with van der Waals surface area (Å²) in [7, 11) is 4.19. The highest BCUT2D eigenvalue weighted by atomic mass is 79.9. The summed E-state index contributed by atoms with van der Waals surface area (Å²) in [5.74, 6) is 0. The SMILES string of the molecule is CN(C)CCc1cc2c(Br)cccc2[nH]1. The summed E-state index contributed by atoms with van der Waals surface area (Å²) in [4.78, 5) is 5.63. The van der Waals surface area contributed by atoms with Gasteiger partial charge in [0, 0.05) is 34.0 Å². The Morgan fingerprint density at radius 2 is 2.13 bits per heavy atom. The Bertz CT molecular complexity index is 460. The largest absolute Gasteiger partial charge is 0.358 e. The maximum Gasteiger partial charge on any atom is 0.0467 e. The molecule has 1 heterocycles. The summed E-state index contributed by atoms with van der Waals surface area (Å²) in [5.41, 5.74) is 2.50. The lowest BCUT2D eigenvalue weighted by atomic mass is 10.2. The number of halogens is 1.